The maximum absolute atomic E-state index is 12.6. The Balaban J connectivity index is 1.62. The Bertz CT molecular complexity index is 1210. The largest absolute Gasteiger partial charge is 0.484 e. The summed E-state index contributed by atoms with van der Waals surface area (Å²) in [5.74, 6) is 0.0654. The van der Waals surface area contributed by atoms with Crippen LogP contribution in [0.1, 0.15) is 18.1 Å². The third-order valence-corrected chi connectivity index (χ3v) is 6.46. The Kier molecular flexibility index (Phi) is 7.66. The van der Waals surface area contributed by atoms with Gasteiger partial charge in [-0.1, -0.05) is 48.3 Å². The summed E-state index contributed by atoms with van der Waals surface area (Å²) in [6.07, 6.45) is 0.795. The predicted octanol–water partition coefficient (Wildman–Crippen LogP) is 5.68. The van der Waals surface area contributed by atoms with E-state index in [2.05, 4.69) is 10.0 Å². The molecule has 168 valence electrons. The highest BCUT2D eigenvalue weighted by Crippen LogP contribution is 2.25. The summed E-state index contributed by atoms with van der Waals surface area (Å²) in [4.78, 5) is 12.4. The Hall–Kier alpha value is -2.74. The van der Waals surface area contributed by atoms with Gasteiger partial charge in [0.15, 0.2) is 6.61 Å². The third-order valence-electron chi connectivity index (χ3n) is 4.62. The van der Waals surface area contributed by atoms with Gasteiger partial charge >= 0.3 is 0 Å². The van der Waals surface area contributed by atoms with Gasteiger partial charge in [-0.05, 0) is 66.9 Å². The topological polar surface area (TPSA) is 84.5 Å². The standard InChI is InChI=1S/C23H22Cl2N2O4S/c1-3-16-6-4-5-15(2)23(16)26-22(28)14-31-20-7-9-21(10-8-20)32(29,30)27-19-12-17(24)11-18(25)13-19/h4-13,27H,3,14H2,1-2H3,(H,26,28). The Morgan fingerprint density at radius 1 is 1.00 bits per heavy atom. The number of carbonyl (C=O) groups is 1. The minimum Gasteiger partial charge on any atom is -0.484 e. The van der Waals surface area contributed by atoms with Crippen molar-refractivity contribution in [3.63, 3.8) is 0 Å². The SMILES string of the molecule is CCc1cccc(C)c1NC(=O)COc1ccc(S(=O)(=O)Nc2cc(Cl)cc(Cl)c2)cc1. The molecule has 6 nitrogen and oxygen atoms in total. The first-order valence-corrected chi connectivity index (χ1v) is 12.0. The molecule has 0 bridgehead atoms. The van der Waals surface area contributed by atoms with Crippen LogP contribution >= 0.6 is 23.2 Å². The number of nitrogens with one attached hydrogen (secondary N) is 2. The zero-order valence-corrected chi connectivity index (χ0v) is 19.8. The number of anilines is 2. The van der Waals surface area contributed by atoms with E-state index in [-0.39, 0.29) is 23.1 Å². The number of hydrogen-bond acceptors (Lipinski definition) is 4. The van der Waals surface area contributed by atoms with Gasteiger partial charge in [-0.2, -0.15) is 0 Å². The molecular formula is C23H22Cl2N2O4S. The van der Waals surface area contributed by atoms with E-state index >= 15 is 0 Å². The molecule has 0 spiro atoms. The summed E-state index contributed by atoms with van der Waals surface area (Å²) in [6, 6.07) is 16.0. The van der Waals surface area contributed by atoms with Crippen molar-refractivity contribution in [2.24, 2.45) is 0 Å². The van der Waals surface area contributed by atoms with Gasteiger partial charge in [0, 0.05) is 15.7 Å². The van der Waals surface area contributed by atoms with Crippen LogP contribution in [0.5, 0.6) is 5.75 Å². The number of amides is 1. The molecule has 0 aliphatic heterocycles. The maximum Gasteiger partial charge on any atom is 0.262 e. The van der Waals surface area contributed by atoms with Gasteiger partial charge in [-0.25, -0.2) is 8.42 Å². The van der Waals surface area contributed by atoms with E-state index in [1.54, 1.807) is 0 Å². The predicted molar refractivity (Wildman–Crippen MR) is 128 cm³/mol. The van der Waals surface area contributed by atoms with Gasteiger partial charge in [0.1, 0.15) is 5.75 Å². The lowest BCUT2D eigenvalue weighted by molar-refractivity contribution is -0.118. The normalized spacial score (nSPS) is 11.1. The molecule has 0 atom stereocenters. The fourth-order valence-electron chi connectivity index (χ4n) is 3.07. The zero-order chi connectivity index (χ0) is 23.3. The molecule has 2 N–H and O–H groups in total. The van der Waals surface area contributed by atoms with Crippen LogP contribution in [-0.4, -0.2) is 20.9 Å². The van der Waals surface area contributed by atoms with E-state index in [1.165, 1.54) is 42.5 Å². The van der Waals surface area contributed by atoms with Gasteiger partial charge in [-0.3, -0.25) is 9.52 Å². The van der Waals surface area contributed by atoms with Crippen molar-refractivity contribution in [3.05, 3.63) is 81.8 Å². The molecule has 0 fully saturated rings. The molecule has 0 aliphatic carbocycles. The van der Waals surface area contributed by atoms with Crippen LogP contribution in [0, 0.1) is 6.92 Å². The lowest BCUT2D eigenvalue weighted by atomic mass is 10.1. The summed E-state index contributed by atoms with van der Waals surface area (Å²) >= 11 is 11.8. The molecule has 3 aromatic rings. The van der Waals surface area contributed by atoms with Gasteiger partial charge in [0.05, 0.1) is 10.6 Å². The van der Waals surface area contributed by atoms with E-state index in [0.29, 0.717) is 15.8 Å². The molecule has 0 aliphatic rings. The van der Waals surface area contributed by atoms with Gasteiger partial charge in [0.2, 0.25) is 0 Å². The second-order valence-corrected chi connectivity index (χ2v) is 9.59. The highest BCUT2D eigenvalue weighted by atomic mass is 35.5. The molecule has 0 aromatic heterocycles. The lowest BCUT2D eigenvalue weighted by Crippen LogP contribution is -2.21. The zero-order valence-electron chi connectivity index (χ0n) is 17.5. The molecule has 0 radical (unpaired) electrons. The lowest BCUT2D eigenvalue weighted by Gasteiger charge is -2.13. The second-order valence-electron chi connectivity index (χ2n) is 7.03. The summed E-state index contributed by atoms with van der Waals surface area (Å²) in [6.45, 7) is 3.75. The van der Waals surface area contributed by atoms with E-state index in [4.69, 9.17) is 27.9 Å². The van der Waals surface area contributed by atoms with Crippen molar-refractivity contribution in [1.29, 1.82) is 0 Å². The van der Waals surface area contributed by atoms with Crippen molar-refractivity contribution in [2.75, 3.05) is 16.6 Å². The number of aryl methyl sites for hydroxylation is 2. The summed E-state index contributed by atoms with van der Waals surface area (Å²) in [7, 11) is -3.85. The molecule has 0 heterocycles. The molecule has 32 heavy (non-hydrogen) atoms. The quantitative estimate of drug-likeness (QED) is 0.423. The van der Waals surface area contributed by atoms with Crippen LogP contribution in [0.4, 0.5) is 11.4 Å². The number of hydrogen-bond donors (Lipinski definition) is 2. The van der Waals surface area contributed by atoms with Gasteiger partial charge < -0.3 is 10.1 Å². The van der Waals surface area contributed by atoms with E-state index in [9.17, 15) is 13.2 Å². The van der Waals surface area contributed by atoms with E-state index in [0.717, 1.165) is 23.2 Å². The molecular weight excluding hydrogens is 471 g/mol. The van der Waals surface area contributed by atoms with E-state index in [1.807, 2.05) is 32.0 Å². The molecule has 0 saturated heterocycles. The molecule has 3 aromatic carbocycles. The number of sulfonamides is 1. The summed E-state index contributed by atoms with van der Waals surface area (Å²) in [5, 5.41) is 3.51. The highest BCUT2D eigenvalue weighted by Gasteiger charge is 2.15. The van der Waals surface area contributed by atoms with Crippen LogP contribution in [0.2, 0.25) is 10.0 Å². The average molecular weight is 493 g/mol. The number of para-hydroxylation sites is 1. The average Bonchev–Trinajstić information content (AvgIpc) is 2.73. The Morgan fingerprint density at radius 3 is 2.28 bits per heavy atom. The molecule has 1 amide bonds. The third kappa shape index (κ3) is 6.16. The minimum atomic E-state index is -3.85. The highest BCUT2D eigenvalue weighted by molar-refractivity contribution is 7.92. The van der Waals surface area contributed by atoms with E-state index < -0.39 is 10.0 Å². The molecule has 0 saturated carbocycles. The number of carbonyl (C=O) groups excluding carboxylic acids is 1. The monoisotopic (exact) mass is 492 g/mol. The summed E-state index contributed by atoms with van der Waals surface area (Å²) < 4.78 is 33.1. The van der Waals surface area contributed by atoms with Crippen LogP contribution in [0.25, 0.3) is 0 Å². The van der Waals surface area contributed by atoms with Crippen LogP contribution < -0.4 is 14.8 Å². The smallest absolute Gasteiger partial charge is 0.262 e. The van der Waals surface area contributed by atoms with Crippen molar-refractivity contribution in [1.82, 2.24) is 0 Å². The van der Waals surface area contributed by atoms with Crippen molar-refractivity contribution < 1.29 is 17.9 Å². The molecule has 3 rings (SSSR count). The first-order chi connectivity index (χ1) is 15.2. The van der Waals surface area contributed by atoms with Crippen LogP contribution in [-0.2, 0) is 21.2 Å². The number of benzene rings is 3. The van der Waals surface area contributed by atoms with Crippen molar-refractivity contribution in [3.8, 4) is 5.75 Å². The number of ether oxygens (including phenoxy) is 1. The van der Waals surface area contributed by atoms with Crippen molar-refractivity contribution in [2.45, 2.75) is 25.2 Å². The van der Waals surface area contributed by atoms with Crippen molar-refractivity contribution >= 4 is 50.5 Å². The first-order valence-electron chi connectivity index (χ1n) is 9.78. The Morgan fingerprint density at radius 2 is 1.66 bits per heavy atom. The van der Waals surface area contributed by atoms with Crippen LogP contribution in [0.3, 0.4) is 0 Å². The molecule has 0 unspecified atom stereocenters. The van der Waals surface area contributed by atoms with Crippen LogP contribution in [0.15, 0.2) is 65.6 Å². The number of rotatable bonds is 8. The minimum absolute atomic E-state index is 0.0258. The molecule has 9 heteroatoms. The number of halogens is 2. The fourth-order valence-corrected chi connectivity index (χ4v) is 4.63. The Labute approximate surface area is 197 Å². The van der Waals surface area contributed by atoms with Gasteiger partial charge in [-0.15, -0.1) is 0 Å². The maximum atomic E-state index is 12.6. The fraction of sp³-hybridized carbons (Fsp3) is 0.174. The van der Waals surface area contributed by atoms with Gasteiger partial charge in [0.25, 0.3) is 15.9 Å². The summed E-state index contributed by atoms with van der Waals surface area (Å²) in [5.41, 5.74) is 3.06. The first kappa shape index (κ1) is 23.9. The second kappa shape index (κ2) is 10.3.